The van der Waals surface area contributed by atoms with E-state index >= 15 is 0 Å². The van der Waals surface area contributed by atoms with E-state index in [0.717, 1.165) is 24.8 Å². The van der Waals surface area contributed by atoms with Crippen molar-refractivity contribution < 1.29 is 9.59 Å². The average Bonchev–Trinajstić information content (AvgIpc) is 2.67. The Hall–Kier alpha value is -1.60. The molecule has 9 heteroatoms. The Balaban J connectivity index is 0.00000140. The third-order valence-electron chi connectivity index (χ3n) is 5.12. The number of nitrogens with zero attached hydrogens (tertiary/aromatic N) is 3. The fourth-order valence-electron chi connectivity index (χ4n) is 3.77. The van der Waals surface area contributed by atoms with Crippen molar-refractivity contribution in [1.82, 2.24) is 20.1 Å². The lowest BCUT2D eigenvalue weighted by atomic mass is 10.0. The van der Waals surface area contributed by atoms with Crippen LogP contribution in [-0.2, 0) is 4.79 Å². The minimum Gasteiger partial charge on any atom is -0.336 e. The number of hydrogen-bond acceptors (Lipinski definition) is 4. The molecular formula is C19H23Cl3N4O2. The predicted molar refractivity (Wildman–Crippen MR) is 115 cm³/mol. The summed E-state index contributed by atoms with van der Waals surface area (Å²) in [5.41, 5.74) is 1.14. The molecule has 0 bridgehead atoms. The maximum Gasteiger partial charge on any atom is 0.272 e. The summed E-state index contributed by atoms with van der Waals surface area (Å²) >= 11 is 6.04. The van der Waals surface area contributed by atoms with Gasteiger partial charge in [-0.1, -0.05) is 23.7 Å². The first kappa shape index (κ1) is 22.7. The number of carbonyl (C=O) groups excluding carboxylic acids is 2. The lowest BCUT2D eigenvalue weighted by molar-refractivity contribution is -0.135. The molecule has 1 N–H and O–H groups in total. The van der Waals surface area contributed by atoms with Gasteiger partial charge in [0, 0.05) is 42.6 Å². The summed E-state index contributed by atoms with van der Waals surface area (Å²) in [6.45, 7) is 3.17. The van der Waals surface area contributed by atoms with Crippen molar-refractivity contribution in [3.05, 3.63) is 41.0 Å². The Bertz CT molecular complexity index is 864. The lowest BCUT2D eigenvalue weighted by Gasteiger charge is -2.41. The largest absolute Gasteiger partial charge is 0.336 e. The number of piperidine rings is 1. The Labute approximate surface area is 181 Å². The van der Waals surface area contributed by atoms with Gasteiger partial charge >= 0.3 is 0 Å². The summed E-state index contributed by atoms with van der Waals surface area (Å²) in [5.74, 6) is 0.0354. The molecule has 2 fully saturated rings. The van der Waals surface area contributed by atoms with Crippen molar-refractivity contribution in [3.8, 4) is 0 Å². The van der Waals surface area contributed by atoms with Gasteiger partial charge in [0.05, 0.1) is 12.1 Å². The number of hydrogen-bond donors (Lipinski definition) is 1. The molecule has 6 nitrogen and oxygen atoms in total. The Kier molecular flexibility index (Phi) is 7.89. The molecule has 2 aromatic rings. The second-order valence-corrected chi connectivity index (χ2v) is 7.28. The predicted octanol–water partition coefficient (Wildman–Crippen LogP) is 2.77. The van der Waals surface area contributed by atoms with Crippen LogP contribution in [0.5, 0.6) is 0 Å². The van der Waals surface area contributed by atoms with Crippen molar-refractivity contribution in [2.24, 2.45) is 0 Å². The van der Waals surface area contributed by atoms with Gasteiger partial charge in [-0.25, -0.2) is 4.98 Å². The minimum absolute atomic E-state index is 0. The number of piperazine rings is 1. The number of halogens is 3. The van der Waals surface area contributed by atoms with E-state index in [0.29, 0.717) is 42.4 Å². The van der Waals surface area contributed by atoms with Crippen LogP contribution < -0.4 is 5.32 Å². The number of aromatic nitrogens is 1. The van der Waals surface area contributed by atoms with Crippen molar-refractivity contribution in [3.63, 3.8) is 0 Å². The molecule has 1 unspecified atom stereocenters. The molecule has 152 valence electrons. The van der Waals surface area contributed by atoms with Gasteiger partial charge in [0.2, 0.25) is 5.91 Å². The van der Waals surface area contributed by atoms with E-state index in [4.69, 9.17) is 11.6 Å². The molecular weight excluding hydrogens is 423 g/mol. The van der Waals surface area contributed by atoms with Crippen LogP contribution in [0, 0.1) is 0 Å². The van der Waals surface area contributed by atoms with Crippen LogP contribution in [0.25, 0.3) is 10.9 Å². The van der Waals surface area contributed by atoms with Crippen LogP contribution in [0.4, 0.5) is 0 Å². The molecule has 2 saturated heterocycles. The van der Waals surface area contributed by atoms with Crippen LogP contribution in [0.15, 0.2) is 30.3 Å². The van der Waals surface area contributed by atoms with Gasteiger partial charge in [-0.15, -0.1) is 24.8 Å². The molecule has 4 rings (SSSR count). The summed E-state index contributed by atoms with van der Waals surface area (Å²) in [7, 11) is 0. The zero-order chi connectivity index (χ0) is 18.1. The van der Waals surface area contributed by atoms with Crippen molar-refractivity contribution >= 4 is 59.1 Å². The Morgan fingerprint density at radius 2 is 1.96 bits per heavy atom. The monoisotopic (exact) mass is 444 g/mol. The maximum absolute atomic E-state index is 13.0. The molecule has 28 heavy (non-hydrogen) atoms. The SMILES string of the molecule is Cl.Cl.O=C(c1ccc2ccc(Cl)cc2n1)N1CCCC(N2CCNCC2=O)C1. The third kappa shape index (κ3) is 4.69. The number of amides is 2. The van der Waals surface area contributed by atoms with E-state index in [1.54, 1.807) is 12.1 Å². The highest BCUT2D eigenvalue weighted by Crippen LogP contribution is 2.21. The van der Waals surface area contributed by atoms with E-state index < -0.39 is 0 Å². The van der Waals surface area contributed by atoms with Gasteiger partial charge in [-0.2, -0.15) is 0 Å². The van der Waals surface area contributed by atoms with Crippen LogP contribution >= 0.6 is 36.4 Å². The van der Waals surface area contributed by atoms with E-state index in [9.17, 15) is 9.59 Å². The van der Waals surface area contributed by atoms with E-state index in [1.807, 2.05) is 28.0 Å². The Morgan fingerprint density at radius 1 is 1.18 bits per heavy atom. The molecule has 1 aromatic heterocycles. The van der Waals surface area contributed by atoms with Crippen LogP contribution in [-0.4, -0.2) is 65.4 Å². The van der Waals surface area contributed by atoms with Crippen molar-refractivity contribution in [2.75, 3.05) is 32.7 Å². The van der Waals surface area contributed by atoms with E-state index in [-0.39, 0.29) is 42.7 Å². The second kappa shape index (κ2) is 9.74. The average molecular weight is 446 g/mol. The molecule has 0 aliphatic carbocycles. The standard InChI is InChI=1S/C19H21ClN4O2.2ClH/c20-14-5-3-13-4-6-16(22-17(13)10-14)19(26)23-8-1-2-15(12-23)24-9-7-21-11-18(24)25;;/h3-6,10,15,21H,1-2,7-9,11-12H2;2*1H. The number of fused-ring (bicyclic) bond motifs is 1. The van der Waals surface area contributed by atoms with Crippen LogP contribution in [0.2, 0.25) is 5.02 Å². The highest BCUT2D eigenvalue weighted by Gasteiger charge is 2.32. The Morgan fingerprint density at radius 3 is 2.75 bits per heavy atom. The molecule has 1 aromatic carbocycles. The van der Waals surface area contributed by atoms with Gasteiger partial charge in [-0.05, 0) is 31.0 Å². The van der Waals surface area contributed by atoms with Gasteiger partial charge in [0.15, 0.2) is 0 Å². The zero-order valence-corrected chi connectivity index (χ0v) is 17.7. The molecule has 3 heterocycles. The number of pyridine rings is 1. The normalized spacial score (nSPS) is 19.8. The number of rotatable bonds is 2. The fraction of sp³-hybridized carbons (Fsp3) is 0.421. The molecule has 2 aliphatic rings. The molecule has 1 atom stereocenters. The third-order valence-corrected chi connectivity index (χ3v) is 5.36. The van der Waals surface area contributed by atoms with Crippen molar-refractivity contribution in [1.29, 1.82) is 0 Å². The zero-order valence-electron chi connectivity index (χ0n) is 15.3. The van der Waals surface area contributed by atoms with Crippen LogP contribution in [0.3, 0.4) is 0 Å². The summed E-state index contributed by atoms with van der Waals surface area (Å²) < 4.78 is 0. The van der Waals surface area contributed by atoms with Gasteiger partial charge in [0.25, 0.3) is 5.91 Å². The summed E-state index contributed by atoms with van der Waals surface area (Å²) in [6, 6.07) is 9.23. The number of benzene rings is 1. The molecule has 2 amide bonds. The topological polar surface area (TPSA) is 65.5 Å². The van der Waals surface area contributed by atoms with Crippen molar-refractivity contribution in [2.45, 2.75) is 18.9 Å². The summed E-state index contributed by atoms with van der Waals surface area (Å²) in [4.78, 5) is 33.3. The fourth-order valence-corrected chi connectivity index (χ4v) is 3.94. The first-order chi connectivity index (χ1) is 12.6. The lowest BCUT2D eigenvalue weighted by Crippen LogP contribution is -2.57. The van der Waals surface area contributed by atoms with Gasteiger partial charge in [0.1, 0.15) is 5.69 Å². The first-order valence-electron chi connectivity index (χ1n) is 8.97. The van der Waals surface area contributed by atoms with Gasteiger partial charge in [-0.3, -0.25) is 9.59 Å². The highest BCUT2D eigenvalue weighted by atomic mass is 35.5. The molecule has 0 radical (unpaired) electrons. The summed E-state index contributed by atoms with van der Waals surface area (Å²) in [5, 5.41) is 4.65. The second-order valence-electron chi connectivity index (χ2n) is 6.84. The number of carbonyl (C=O) groups is 2. The summed E-state index contributed by atoms with van der Waals surface area (Å²) in [6.07, 6.45) is 1.84. The van der Waals surface area contributed by atoms with E-state index in [1.165, 1.54) is 0 Å². The number of likely N-dealkylation sites (tertiary alicyclic amines) is 1. The molecule has 0 saturated carbocycles. The molecule has 2 aliphatic heterocycles. The smallest absolute Gasteiger partial charge is 0.272 e. The minimum atomic E-state index is -0.0841. The maximum atomic E-state index is 13.0. The number of nitrogens with one attached hydrogen (secondary N) is 1. The van der Waals surface area contributed by atoms with Crippen LogP contribution in [0.1, 0.15) is 23.3 Å². The van der Waals surface area contributed by atoms with Gasteiger partial charge < -0.3 is 15.1 Å². The first-order valence-corrected chi connectivity index (χ1v) is 9.35. The quantitative estimate of drug-likeness (QED) is 0.772. The highest BCUT2D eigenvalue weighted by molar-refractivity contribution is 6.31. The van der Waals surface area contributed by atoms with E-state index in [2.05, 4.69) is 10.3 Å². The molecule has 0 spiro atoms.